The van der Waals surface area contributed by atoms with Crippen LogP contribution in [0, 0.1) is 10.1 Å². The summed E-state index contributed by atoms with van der Waals surface area (Å²) < 4.78 is 5.42. The van der Waals surface area contributed by atoms with E-state index in [0.29, 0.717) is 0 Å². The van der Waals surface area contributed by atoms with Crippen LogP contribution in [0.3, 0.4) is 0 Å². The second-order valence-corrected chi connectivity index (χ2v) is 4.04. The zero-order valence-electron chi connectivity index (χ0n) is 11.4. The zero-order chi connectivity index (χ0) is 15.8. The van der Waals surface area contributed by atoms with Crippen LogP contribution in [0.1, 0.15) is 5.69 Å². The molecule has 0 amide bonds. The number of azide groups is 1. The first-order chi connectivity index (χ1) is 10.7. The van der Waals surface area contributed by atoms with E-state index in [4.69, 9.17) is 10.3 Å². The van der Waals surface area contributed by atoms with Gasteiger partial charge in [0.15, 0.2) is 5.69 Å². The lowest BCUT2D eigenvalue weighted by atomic mass is 10.2. The molecule has 0 saturated carbocycles. The summed E-state index contributed by atoms with van der Waals surface area (Å²) in [5.41, 5.74) is 8.85. The first-order valence-corrected chi connectivity index (χ1v) is 6.25. The average Bonchev–Trinajstić information content (AvgIpc) is 2.53. The second-order valence-electron chi connectivity index (χ2n) is 4.04. The minimum absolute atomic E-state index is 0.138. The SMILES string of the molecule is [N-]=[N+]=Nc1c(OCC=Cc2ccccn2)cccc1[N+](=O)[O-]. The van der Waals surface area contributed by atoms with Gasteiger partial charge in [0, 0.05) is 17.2 Å². The Morgan fingerprint density at radius 1 is 1.36 bits per heavy atom. The maximum atomic E-state index is 10.9. The quantitative estimate of drug-likeness (QED) is 0.263. The summed E-state index contributed by atoms with van der Waals surface area (Å²) >= 11 is 0. The molecule has 22 heavy (non-hydrogen) atoms. The first kappa shape index (κ1) is 15.0. The Balaban J connectivity index is 2.13. The molecule has 0 saturated heterocycles. The Bertz CT molecular complexity index is 739. The van der Waals surface area contributed by atoms with Gasteiger partial charge in [-0.15, -0.1) is 0 Å². The van der Waals surface area contributed by atoms with Crippen molar-refractivity contribution in [1.82, 2.24) is 4.98 Å². The van der Waals surface area contributed by atoms with E-state index < -0.39 is 4.92 Å². The molecule has 0 atom stereocenters. The Morgan fingerprint density at radius 3 is 2.91 bits per heavy atom. The highest BCUT2D eigenvalue weighted by Gasteiger charge is 2.16. The van der Waals surface area contributed by atoms with E-state index in [1.807, 2.05) is 18.2 Å². The van der Waals surface area contributed by atoms with E-state index in [0.717, 1.165) is 5.69 Å². The fraction of sp³-hybridized carbons (Fsp3) is 0.0714. The number of hydrogen-bond acceptors (Lipinski definition) is 5. The number of rotatable bonds is 6. The van der Waals surface area contributed by atoms with Gasteiger partial charge < -0.3 is 4.74 Å². The van der Waals surface area contributed by atoms with Crippen molar-refractivity contribution in [2.45, 2.75) is 0 Å². The molecule has 0 bridgehead atoms. The van der Waals surface area contributed by atoms with Crippen LogP contribution in [0.5, 0.6) is 5.75 Å². The van der Waals surface area contributed by atoms with Crippen LogP contribution in [-0.4, -0.2) is 16.5 Å². The number of nitro benzene ring substituents is 1. The Hall–Kier alpha value is -3.38. The number of hydrogen-bond donors (Lipinski definition) is 0. The predicted octanol–water partition coefficient (Wildman–Crippen LogP) is 4.02. The van der Waals surface area contributed by atoms with Crippen molar-refractivity contribution in [2.24, 2.45) is 5.11 Å². The third-order valence-electron chi connectivity index (χ3n) is 2.63. The lowest BCUT2D eigenvalue weighted by Crippen LogP contribution is -1.96. The van der Waals surface area contributed by atoms with Crippen LogP contribution in [0.2, 0.25) is 0 Å². The maximum Gasteiger partial charge on any atom is 0.282 e. The van der Waals surface area contributed by atoms with Gasteiger partial charge in [0.2, 0.25) is 0 Å². The topological polar surface area (TPSA) is 114 Å². The second kappa shape index (κ2) is 7.41. The third-order valence-corrected chi connectivity index (χ3v) is 2.63. The van der Waals surface area contributed by atoms with E-state index in [-0.39, 0.29) is 23.7 Å². The van der Waals surface area contributed by atoms with Crippen LogP contribution < -0.4 is 4.74 Å². The monoisotopic (exact) mass is 297 g/mol. The van der Waals surface area contributed by atoms with Gasteiger partial charge in [0.25, 0.3) is 5.69 Å². The van der Waals surface area contributed by atoms with Crippen LogP contribution >= 0.6 is 0 Å². The molecule has 0 aliphatic carbocycles. The van der Waals surface area contributed by atoms with Crippen LogP contribution in [0.15, 0.2) is 53.8 Å². The van der Waals surface area contributed by atoms with Crippen molar-refractivity contribution in [3.05, 3.63) is 74.9 Å². The predicted molar refractivity (Wildman–Crippen MR) is 80.7 cm³/mol. The van der Waals surface area contributed by atoms with E-state index in [1.54, 1.807) is 18.3 Å². The van der Waals surface area contributed by atoms with Gasteiger partial charge in [-0.2, -0.15) is 0 Å². The van der Waals surface area contributed by atoms with Gasteiger partial charge in [0.1, 0.15) is 12.4 Å². The zero-order valence-corrected chi connectivity index (χ0v) is 11.4. The number of nitrogens with zero attached hydrogens (tertiary/aromatic N) is 5. The summed E-state index contributed by atoms with van der Waals surface area (Å²) in [7, 11) is 0. The van der Waals surface area contributed by atoms with Gasteiger partial charge >= 0.3 is 0 Å². The standard InChI is InChI=1S/C14H11N5O3/c15-18-17-14-12(19(20)21)7-3-8-13(14)22-10-4-6-11-5-1-2-9-16-11/h1-9H,10H2. The van der Waals surface area contributed by atoms with Crippen molar-refractivity contribution in [2.75, 3.05) is 6.61 Å². The molecule has 110 valence electrons. The normalized spacial score (nSPS) is 10.2. The summed E-state index contributed by atoms with van der Waals surface area (Å²) in [5.74, 6) is 0.151. The molecule has 2 rings (SSSR count). The molecule has 8 nitrogen and oxygen atoms in total. The molecule has 0 spiro atoms. The number of pyridine rings is 1. The van der Waals surface area contributed by atoms with Gasteiger partial charge in [0.05, 0.1) is 10.6 Å². The first-order valence-electron chi connectivity index (χ1n) is 6.25. The van der Waals surface area contributed by atoms with E-state index >= 15 is 0 Å². The van der Waals surface area contributed by atoms with Crippen LogP contribution in [0.25, 0.3) is 16.5 Å². The molecule has 1 aromatic heterocycles. The smallest absolute Gasteiger partial charge is 0.282 e. The molecule has 0 fully saturated rings. The molecule has 0 N–H and O–H groups in total. The average molecular weight is 297 g/mol. The molecule has 0 unspecified atom stereocenters. The molecule has 0 aliphatic rings. The number of benzene rings is 1. The van der Waals surface area contributed by atoms with Gasteiger partial charge in [-0.05, 0) is 41.0 Å². The van der Waals surface area contributed by atoms with Crippen molar-refractivity contribution in [3.8, 4) is 5.75 Å². The van der Waals surface area contributed by atoms with Crippen molar-refractivity contribution >= 4 is 17.5 Å². The Kier molecular flexibility index (Phi) is 5.06. The Morgan fingerprint density at radius 2 is 2.23 bits per heavy atom. The molecule has 0 radical (unpaired) electrons. The van der Waals surface area contributed by atoms with Gasteiger partial charge in [-0.1, -0.05) is 12.1 Å². The van der Waals surface area contributed by atoms with E-state index in [9.17, 15) is 10.1 Å². The summed E-state index contributed by atoms with van der Waals surface area (Å²) in [6, 6.07) is 9.71. The molecule has 1 heterocycles. The highest BCUT2D eigenvalue weighted by molar-refractivity contribution is 5.66. The summed E-state index contributed by atoms with van der Waals surface area (Å²) in [5, 5.41) is 14.3. The minimum Gasteiger partial charge on any atom is -0.489 e. The van der Waals surface area contributed by atoms with Gasteiger partial charge in [-0.3, -0.25) is 15.1 Å². The molecular formula is C14H11N5O3. The van der Waals surface area contributed by atoms with Crippen molar-refractivity contribution in [3.63, 3.8) is 0 Å². The lowest BCUT2D eigenvalue weighted by Gasteiger charge is -2.06. The largest absolute Gasteiger partial charge is 0.489 e. The van der Waals surface area contributed by atoms with E-state index in [1.165, 1.54) is 18.2 Å². The molecule has 1 aromatic carbocycles. The van der Waals surface area contributed by atoms with Crippen molar-refractivity contribution in [1.29, 1.82) is 0 Å². The molecule has 2 aromatic rings. The minimum atomic E-state index is -0.624. The third kappa shape index (κ3) is 3.81. The summed E-state index contributed by atoms with van der Waals surface area (Å²) in [4.78, 5) is 17.0. The Labute approximate surface area is 125 Å². The van der Waals surface area contributed by atoms with Crippen LogP contribution in [-0.2, 0) is 0 Å². The molecule has 8 heteroatoms. The fourth-order valence-corrected chi connectivity index (χ4v) is 1.70. The lowest BCUT2D eigenvalue weighted by molar-refractivity contribution is -0.384. The highest BCUT2D eigenvalue weighted by Crippen LogP contribution is 2.37. The van der Waals surface area contributed by atoms with Crippen molar-refractivity contribution < 1.29 is 9.66 Å². The number of nitro groups is 1. The highest BCUT2D eigenvalue weighted by atomic mass is 16.6. The van der Waals surface area contributed by atoms with E-state index in [2.05, 4.69) is 15.0 Å². The number of ether oxygens (including phenoxy) is 1. The molecule has 0 aliphatic heterocycles. The summed E-state index contributed by atoms with van der Waals surface area (Å²) in [6.07, 6.45) is 5.13. The van der Waals surface area contributed by atoms with Gasteiger partial charge in [-0.25, -0.2) is 0 Å². The molecular weight excluding hydrogens is 286 g/mol. The summed E-state index contributed by atoms with van der Waals surface area (Å²) in [6.45, 7) is 0.158. The maximum absolute atomic E-state index is 10.9. The number of aromatic nitrogens is 1. The fourth-order valence-electron chi connectivity index (χ4n) is 1.70. The van der Waals surface area contributed by atoms with Crippen LogP contribution in [0.4, 0.5) is 11.4 Å².